The van der Waals surface area contributed by atoms with Crippen LogP contribution in [0.5, 0.6) is 0 Å². The summed E-state index contributed by atoms with van der Waals surface area (Å²) in [4.78, 5) is 38.4. The standard InChI is InChI=1S/C17H17ClN2O4/c18-14-4-2-1-3-12(14)5-6-15(21)19-9-7-13(8-10-19)20-16(22)11-24-17(20)23/h1-6,13H,7-11H2/b6-5+. The van der Waals surface area contributed by atoms with Crippen molar-refractivity contribution in [3.8, 4) is 0 Å². The van der Waals surface area contributed by atoms with Crippen molar-refractivity contribution in [2.45, 2.75) is 18.9 Å². The van der Waals surface area contributed by atoms with Crippen molar-refractivity contribution in [3.63, 3.8) is 0 Å². The van der Waals surface area contributed by atoms with Crippen molar-refractivity contribution in [2.24, 2.45) is 0 Å². The number of piperidine rings is 1. The number of hydrogen-bond donors (Lipinski definition) is 0. The highest BCUT2D eigenvalue weighted by molar-refractivity contribution is 6.32. The SMILES string of the molecule is O=C(/C=C/c1ccccc1Cl)N1CCC(N2C(=O)COC2=O)CC1. The minimum atomic E-state index is -0.580. The Hall–Kier alpha value is -2.34. The maximum Gasteiger partial charge on any atom is 0.417 e. The van der Waals surface area contributed by atoms with E-state index in [1.165, 1.54) is 11.0 Å². The molecule has 2 aliphatic heterocycles. The number of amides is 3. The number of ether oxygens (including phenoxy) is 1. The number of carbonyl (C=O) groups is 3. The topological polar surface area (TPSA) is 66.9 Å². The van der Waals surface area contributed by atoms with Crippen LogP contribution in [0.25, 0.3) is 6.08 Å². The van der Waals surface area contributed by atoms with E-state index >= 15 is 0 Å². The molecule has 6 nitrogen and oxygen atoms in total. The molecule has 7 heteroatoms. The first-order valence-electron chi connectivity index (χ1n) is 7.76. The van der Waals surface area contributed by atoms with Gasteiger partial charge in [0.2, 0.25) is 5.91 Å². The summed E-state index contributed by atoms with van der Waals surface area (Å²) < 4.78 is 4.74. The third-order valence-electron chi connectivity index (χ3n) is 4.24. The van der Waals surface area contributed by atoms with E-state index in [9.17, 15) is 14.4 Å². The zero-order valence-electron chi connectivity index (χ0n) is 13.0. The summed E-state index contributed by atoms with van der Waals surface area (Å²) in [5.74, 6) is -0.410. The summed E-state index contributed by atoms with van der Waals surface area (Å²) in [6.07, 6.45) is 3.73. The van der Waals surface area contributed by atoms with E-state index in [0.717, 1.165) is 5.56 Å². The van der Waals surface area contributed by atoms with Crippen LogP contribution in [-0.4, -0.2) is 53.4 Å². The number of imide groups is 1. The largest absolute Gasteiger partial charge is 0.439 e. The van der Waals surface area contributed by atoms with Crippen molar-refractivity contribution in [3.05, 3.63) is 40.9 Å². The van der Waals surface area contributed by atoms with Gasteiger partial charge in [0.15, 0.2) is 6.61 Å². The van der Waals surface area contributed by atoms with E-state index in [0.29, 0.717) is 31.0 Å². The number of cyclic esters (lactones) is 1. The quantitative estimate of drug-likeness (QED) is 0.786. The highest BCUT2D eigenvalue weighted by Crippen LogP contribution is 2.21. The van der Waals surface area contributed by atoms with E-state index in [1.807, 2.05) is 18.2 Å². The number of hydrogen-bond acceptors (Lipinski definition) is 4. The van der Waals surface area contributed by atoms with Gasteiger partial charge in [-0.05, 0) is 30.5 Å². The van der Waals surface area contributed by atoms with Crippen LogP contribution in [0.2, 0.25) is 5.02 Å². The summed E-state index contributed by atoms with van der Waals surface area (Å²) in [5, 5.41) is 0.589. The van der Waals surface area contributed by atoms with Crippen LogP contribution in [0.1, 0.15) is 18.4 Å². The number of halogens is 1. The van der Waals surface area contributed by atoms with Crippen LogP contribution in [0.3, 0.4) is 0 Å². The van der Waals surface area contributed by atoms with Crippen LogP contribution in [-0.2, 0) is 14.3 Å². The summed E-state index contributed by atoms with van der Waals surface area (Å²) in [6, 6.07) is 7.10. The molecule has 3 amide bonds. The molecule has 1 aromatic carbocycles. The second kappa shape index (κ2) is 7.05. The molecule has 0 spiro atoms. The fourth-order valence-electron chi connectivity index (χ4n) is 2.94. The lowest BCUT2D eigenvalue weighted by Crippen LogP contribution is -2.48. The highest BCUT2D eigenvalue weighted by Gasteiger charge is 2.38. The Labute approximate surface area is 144 Å². The lowest BCUT2D eigenvalue weighted by Gasteiger charge is -2.34. The normalized spacial score (nSPS) is 19.2. The summed E-state index contributed by atoms with van der Waals surface area (Å²) >= 11 is 6.06. The Morgan fingerprint density at radius 2 is 1.92 bits per heavy atom. The van der Waals surface area contributed by atoms with E-state index in [-0.39, 0.29) is 24.5 Å². The minimum absolute atomic E-state index is 0.108. The van der Waals surface area contributed by atoms with Gasteiger partial charge in [0, 0.05) is 30.2 Å². The maximum atomic E-state index is 12.3. The second-order valence-electron chi connectivity index (χ2n) is 5.73. The lowest BCUT2D eigenvalue weighted by molar-refractivity contribution is -0.129. The molecule has 0 aromatic heterocycles. The van der Waals surface area contributed by atoms with Crippen LogP contribution in [0, 0.1) is 0 Å². The Morgan fingerprint density at radius 1 is 1.21 bits per heavy atom. The molecule has 1 aromatic rings. The van der Waals surface area contributed by atoms with Gasteiger partial charge in [-0.2, -0.15) is 0 Å². The van der Waals surface area contributed by atoms with Gasteiger partial charge in [-0.15, -0.1) is 0 Å². The monoisotopic (exact) mass is 348 g/mol. The Bertz CT molecular complexity index is 680. The number of rotatable bonds is 3. The number of carbonyl (C=O) groups excluding carboxylic acids is 3. The zero-order valence-corrected chi connectivity index (χ0v) is 13.7. The van der Waals surface area contributed by atoms with Crippen molar-refractivity contribution in [1.29, 1.82) is 0 Å². The molecule has 0 N–H and O–H groups in total. The molecule has 3 rings (SSSR count). The fraction of sp³-hybridized carbons (Fsp3) is 0.353. The highest BCUT2D eigenvalue weighted by atomic mass is 35.5. The molecule has 2 aliphatic rings. The first-order chi connectivity index (χ1) is 11.6. The Balaban J connectivity index is 1.56. The van der Waals surface area contributed by atoms with Crippen molar-refractivity contribution in [1.82, 2.24) is 9.80 Å². The number of nitrogens with zero attached hydrogens (tertiary/aromatic N) is 2. The van der Waals surface area contributed by atoms with Gasteiger partial charge in [-0.3, -0.25) is 9.59 Å². The first kappa shape index (κ1) is 16.5. The molecule has 24 heavy (non-hydrogen) atoms. The Morgan fingerprint density at radius 3 is 2.54 bits per heavy atom. The smallest absolute Gasteiger partial charge is 0.417 e. The predicted octanol–water partition coefficient (Wildman–Crippen LogP) is 2.32. The molecule has 0 radical (unpaired) electrons. The molecule has 0 bridgehead atoms. The lowest BCUT2D eigenvalue weighted by atomic mass is 10.0. The van der Waals surface area contributed by atoms with Gasteiger partial charge >= 0.3 is 6.09 Å². The van der Waals surface area contributed by atoms with Crippen LogP contribution in [0.4, 0.5) is 4.79 Å². The molecule has 0 atom stereocenters. The molecule has 2 fully saturated rings. The molecule has 126 valence electrons. The molecule has 2 saturated heterocycles. The van der Waals surface area contributed by atoms with Gasteiger partial charge in [-0.1, -0.05) is 29.8 Å². The van der Waals surface area contributed by atoms with E-state index in [4.69, 9.17) is 16.3 Å². The third-order valence-corrected chi connectivity index (χ3v) is 4.58. The van der Waals surface area contributed by atoms with E-state index in [1.54, 1.807) is 17.0 Å². The van der Waals surface area contributed by atoms with Crippen molar-refractivity contribution in [2.75, 3.05) is 19.7 Å². The van der Waals surface area contributed by atoms with Crippen LogP contribution in [0.15, 0.2) is 30.3 Å². The second-order valence-corrected chi connectivity index (χ2v) is 6.14. The fourth-order valence-corrected chi connectivity index (χ4v) is 3.14. The van der Waals surface area contributed by atoms with Crippen molar-refractivity contribution < 1.29 is 19.1 Å². The summed E-state index contributed by atoms with van der Waals surface area (Å²) in [7, 11) is 0. The predicted molar refractivity (Wildman–Crippen MR) is 88.3 cm³/mol. The van der Waals surface area contributed by atoms with Gasteiger partial charge in [0.1, 0.15) is 0 Å². The minimum Gasteiger partial charge on any atom is -0.439 e. The van der Waals surface area contributed by atoms with Crippen LogP contribution >= 0.6 is 11.6 Å². The van der Waals surface area contributed by atoms with E-state index < -0.39 is 6.09 Å². The van der Waals surface area contributed by atoms with Gasteiger partial charge in [-0.25, -0.2) is 9.69 Å². The molecule has 0 unspecified atom stereocenters. The summed E-state index contributed by atoms with van der Waals surface area (Å²) in [5.41, 5.74) is 0.785. The molecule has 0 aliphatic carbocycles. The van der Waals surface area contributed by atoms with Crippen LogP contribution < -0.4 is 0 Å². The third kappa shape index (κ3) is 3.43. The zero-order chi connectivity index (χ0) is 17.1. The molecule has 2 heterocycles. The van der Waals surface area contributed by atoms with Gasteiger partial charge < -0.3 is 9.64 Å². The van der Waals surface area contributed by atoms with E-state index in [2.05, 4.69) is 0 Å². The molecular formula is C17H17ClN2O4. The first-order valence-corrected chi connectivity index (χ1v) is 8.14. The van der Waals surface area contributed by atoms with Crippen molar-refractivity contribution >= 4 is 35.6 Å². The number of likely N-dealkylation sites (tertiary alicyclic amines) is 1. The van der Waals surface area contributed by atoms with Gasteiger partial charge in [0.25, 0.3) is 5.91 Å². The molecule has 0 saturated carbocycles. The maximum absolute atomic E-state index is 12.3. The number of benzene rings is 1. The average molecular weight is 349 g/mol. The molecular weight excluding hydrogens is 332 g/mol. The Kier molecular flexibility index (Phi) is 4.85. The summed E-state index contributed by atoms with van der Waals surface area (Å²) in [6.45, 7) is 0.805. The average Bonchev–Trinajstić information content (AvgIpc) is 2.93. The van der Waals surface area contributed by atoms with Gasteiger partial charge in [0.05, 0.1) is 0 Å².